The Hall–Kier alpha value is -1.32. The molecule has 0 spiro atoms. The molecule has 0 heterocycles. The van der Waals surface area contributed by atoms with E-state index in [1.807, 2.05) is 13.8 Å². The fourth-order valence-corrected chi connectivity index (χ4v) is 0.544. The zero-order valence-electron chi connectivity index (χ0n) is 7.46. The summed E-state index contributed by atoms with van der Waals surface area (Å²) in [6.45, 7) is 3.67. The van der Waals surface area contributed by atoms with Gasteiger partial charge in [-0.1, -0.05) is 0 Å². The lowest BCUT2D eigenvalue weighted by Crippen LogP contribution is -2.28. The zero-order chi connectivity index (χ0) is 9.56. The van der Waals surface area contributed by atoms with Crippen molar-refractivity contribution in [3.05, 3.63) is 12.2 Å². The highest BCUT2D eigenvalue weighted by molar-refractivity contribution is 5.94. The molecule has 1 N–H and O–H groups in total. The van der Waals surface area contributed by atoms with E-state index in [1.54, 1.807) is 0 Å². The molecule has 4 heteroatoms. The van der Waals surface area contributed by atoms with Gasteiger partial charge in [0, 0.05) is 18.2 Å². The Kier molecular flexibility index (Phi) is 4.76. The van der Waals surface area contributed by atoms with Crippen LogP contribution in [0.2, 0.25) is 0 Å². The molecule has 0 saturated carbocycles. The van der Waals surface area contributed by atoms with Crippen LogP contribution < -0.4 is 5.32 Å². The predicted octanol–water partition coefficient (Wildman–Crippen LogP) is 0.240. The first kappa shape index (κ1) is 10.7. The maximum atomic E-state index is 10.9. The molecule has 12 heavy (non-hydrogen) atoms. The van der Waals surface area contributed by atoms with Crippen molar-refractivity contribution in [1.82, 2.24) is 5.32 Å². The Labute approximate surface area is 71.6 Å². The van der Waals surface area contributed by atoms with Gasteiger partial charge in [0.1, 0.15) is 0 Å². The number of hydrogen-bond donors (Lipinski definition) is 1. The minimum absolute atomic E-state index is 0.0693. The van der Waals surface area contributed by atoms with E-state index >= 15 is 0 Å². The van der Waals surface area contributed by atoms with E-state index in [9.17, 15) is 9.59 Å². The van der Waals surface area contributed by atoms with Gasteiger partial charge < -0.3 is 10.1 Å². The summed E-state index contributed by atoms with van der Waals surface area (Å²) in [6, 6.07) is 0.0693. The molecular formula is C8H13NO3. The van der Waals surface area contributed by atoms with Crippen molar-refractivity contribution in [1.29, 1.82) is 0 Å². The highest BCUT2D eigenvalue weighted by Crippen LogP contribution is 1.81. The number of amides is 1. The van der Waals surface area contributed by atoms with Crippen LogP contribution in [-0.4, -0.2) is 25.0 Å². The summed E-state index contributed by atoms with van der Waals surface area (Å²) < 4.78 is 4.30. The van der Waals surface area contributed by atoms with Crippen LogP contribution >= 0.6 is 0 Å². The second-order valence-corrected chi connectivity index (χ2v) is 2.52. The van der Waals surface area contributed by atoms with Crippen LogP contribution in [0.5, 0.6) is 0 Å². The minimum atomic E-state index is -0.533. The number of esters is 1. The molecule has 1 amide bonds. The Morgan fingerprint density at radius 1 is 1.33 bits per heavy atom. The van der Waals surface area contributed by atoms with Crippen molar-refractivity contribution in [2.24, 2.45) is 0 Å². The first-order valence-electron chi connectivity index (χ1n) is 3.62. The van der Waals surface area contributed by atoms with Crippen molar-refractivity contribution in [3.8, 4) is 0 Å². The lowest BCUT2D eigenvalue weighted by atomic mass is 10.4. The summed E-state index contributed by atoms with van der Waals surface area (Å²) in [4.78, 5) is 21.4. The molecule has 0 fully saturated rings. The summed E-state index contributed by atoms with van der Waals surface area (Å²) in [6.07, 6.45) is 2.23. The van der Waals surface area contributed by atoms with Crippen molar-refractivity contribution in [3.63, 3.8) is 0 Å². The van der Waals surface area contributed by atoms with Crippen LogP contribution in [0.25, 0.3) is 0 Å². The number of carbonyl (C=O) groups excluding carboxylic acids is 2. The molecule has 0 aromatic heterocycles. The third kappa shape index (κ3) is 5.46. The number of carbonyl (C=O) groups is 2. The maximum absolute atomic E-state index is 10.9. The van der Waals surface area contributed by atoms with Crippen LogP contribution in [0, 0.1) is 0 Å². The molecule has 68 valence electrons. The van der Waals surface area contributed by atoms with Gasteiger partial charge >= 0.3 is 5.97 Å². The monoisotopic (exact) mass is 171 g/mol. The molecule has 0 rings (SSSR count). The molecule has 0 saturated heterocycles. The number of ether oxygens (including phenoxy) is 1. The topological polar surface area (TPSA) is 55.4 Å². The highest BCUT2D eigenvalue weighted by atomic mass is 16.5. The maximum Gasteiger partial charge on any atom is 0.330 e. The predicted molar refractivity (Wildman–Crippen MR) is 44.4 cm³/mol. The normalized spacial score (nSPS) is 10.3. The quantitative estimate of drug-likeness (QED) is 0.489. The van der Waals surface area contributed by atoms with E-state index in [4.69, 9.17) is 0 Å². The van der Waals surface area contributed by atoms with Crippen LogP contribution in [-0.2, 0) is 14.3 Å². The Morgan fingerprint density at radius 2 is 1.92 bits per heavy atom. The van der Waals surface area contributed by atoms with Crippen LogP contribution in [0.4, 0.5) is 0 Å². The number of hydrogen-bond acceptors (Lipinski definition) is 3. The Balaban J connectivity index is 3.83. The molecule has 0 aromatic carbocycles. The summed E-state index contributed by atoms with van der Waals surface area (Å²) >= 11 is 0. The van der Waals surface area contributed by atoms with Gasteiger partial charge in [0.25, 0.3) is 0 Å². The summed E-state index contributed by atoms with van der Waals surface area (Å²) in [7, 11) is 1.26. The number of methoxy groups -OCH3 is 1. The molecular weight excluding hydrogens is 158 g/mol. The van der Waals surface area contributed by atoms with E-state index in [0.717, 1.165) is 12.2 Å². The van der Waals surface area contributed by atoms with Crippen LogP contribution in [0.15, 0.2) is 12.2 Å². The zero-order valence-corrected chi connectivity index (χ0v) is 7.46. The average Bonchev–Trinajstić information content (AvgIpc) is 1.99. The molecule has 0 atom stereocenters. The van der Waals surface area contributed by atoms with Crippen molar-refractivity contribution in [2.45, 2.75) is 19.9 Å². The van der Waals surface area contributed by atoms with Crippen LogP contribution in [0.3, 0.4) is 0 Å². The SMILES string of the molecule is COC(=O)C=CC(=O)NC(C)C. The van der Waals surface area contributed by atoms with Crippen molar-refractivity contribution < 1.29 is 14.3 Å². The van der Waals surface area contributed by atoms with E-state index < -0.39 is 5.97 Å². The number of nitrogens with one attached hydrogen (secondary N) is 1. The van der Waals surface area contributed by atoms with Gasteiger partial charge in [0.05, 0.1) is 7.11 Å². The minimum Gasteiger partial charge on any atom is -0.466 e. The summed E-state index contributed by atoms with van der Waals surface area (Å²) in [5.41, 5.74) is 0. The number of rotatable bonds is 3. The van der Waals surface area contributed by atoms with Gasteiger partial charge in [-0.2, -0.15) is 0 Å². The van der Waals surface area contributed by atoms with Gasteiger partial charge in [-0.3, -0.25) is 4.79 Å². The van der Waals surface area contributed by atoms with Crippen molar-refractivity contribution in [2.75, 3.05) is 7.11 Å². The second kappa shape index (κ2) is 5.35. The van der Waals surface area contributed by atoms with Gasteiger partial charge in [-0.15, -0.1) is 0 Å². The van der Waals surface area contributed by atoms with E-state index in [1.165, 1.54) is 7.11 Å². The fourth-order valence-electron chi connectivity index (χ4n) is 0.544. The molecule has 0 radical (unpaired) electrons. The largest absolute Gasteiger partial charge is 0.466 e. The molecule has 0 aliphatic rings. The van der Waals surface area contributed by atoms with Gasteiger partial charge in [0.15, 0.2) is 0 Å². The Bertz CT molecular complexity index is 196. The average molecular weight is 171 g/mol. The smallest absolute Gasteiger partial charge is 0.330 e. The highest BCUT2D eigenvalue weighted by Gasteiger charge is 1.98. The molecule has 0 bridgehead atoms. The summed E-state index contributed by atoms with van der Waals surface area (Å²) in [5, 5.41) is 2.59. The second-order valence-electron chi connectivity index (χ2n) is 2.52. The van der Waals surface area contributed by atoms with E-state index in [-0.39, 0.29) is 11.9 Å². The molecule has 0 aliphatic carbocycles. The lowest BCUT2D eigenvalue weighted by molar-refractivity contribution is -0.135. The fraction of sp³-hybridized carbons (Fsp3) is 0.500. The van der Waals surface area contributed by atoms with E-state index in [2.05, 4.69) is 10.1 Å². The molecule has 4 nitrogen and oxygen atoms in total. The first-order valence-corrected chi connectivity index (χ1v) is 3.62. The molecule has 0 aliphatic heterocycles. The van der Waals surface area contributed by atoms with Gasteiger partial charge in [-0.05, 0) is 13.8 Å². The summed E-state index contributed by atoms with van der Waals surface area (Å²) in [5.74, 6) is -0.829. The van der Waals surface area contributed by atoms with Gasteiger partial charge in [0.2, 0.25) is 5.91 Å². The lowest BCUT2D eigenvalue weighted by Gasteiger charge is -2.03. The van der Waals surface area contributed by atoms with Crippen LogP contribution in [0.1, 0.15) is 13.8 Å². The van der Waals surface area contributed by atoms with Gasteiger partial charge in [-0.25, -0.2) is 4.79 Å². The van der Waals surface area contributed by atoms with E-state index in [0.29, 0.717) is 0 Å². The Morgan fingerprint density at radius 3 is 2.33 bits per heavy atom. The third-order valence-corrected chi connectivity index (χ3v) is 1.00. The van der Waals surface area contributed by atoms with Crippen molar-refractivity contribution >= 4 is 11.9 Å². The standard InChI is InChI=1S/C8H13NO3/c1-6(2)9-7(10)4-5-8(11)12-3/h4-6H,1-3H3,(H,9,10). The molecule has 0 aromatic rings. The first-order chi connectivity index (χ1) is 5.56. The molecule has 0 unspecified atom stereocenters. The third-order valence-electron chi connectivity index (χ3n) is 1.00.